The van der Waals surface area contributed by atoms with Crippen LogP contribution in [0.4, 0.5) is 0 Å². The Morgan fingerprint density at radius 1 is 1.35 bits per heavy atom. The van der Waals surface area contributed by atoms with E-state index in [4.69, 9.17) is 0 Å². The summed E-state index contributed by atoms with van der Waals surface area (Å²) in [6.07, 6.45) is 6.76. The summed E-state index contributed by atoms with van der Waals surface area (Å²) < 4.78 is 5.31. The number of fused-ring (bicyclic) bond motifs is 3. The average molecular weight is 327 g/mol. The molecule has 0 aliphatic rings. The molecular weight excluding hydrogens is 310 g/mol. The van der Waals surface area contributed by atoms with Gasteiger partial charge >= 0.3 is 0 Å². The maximum Gasteiger partial charge on any atom is 0.276 e. The summed E-state index contributed by atoms with van der Waals surface area (Å²) in [6.45, 7) is 4.54. The Morgan fingerprint density at radius 3 is 2.87 bits per heavy atom. The van der Waals surface area contributed by atoms with Crippen LogP contribution in [0.5, 0.6) is 0 Å². The zero-order valence-electron chi connectivity index (χ0n) is 13.3. The molecule has 4 aromatic rings. The van der Waals surface area contributed by atoms with E-state index >= 15 is 0 Å². The number of aromatic nitrogens is 5. The third-order valence-corrected chi connectivity index (χ3v) is 5.48. The third kappa shape index (κ3) is 2.11. The fourth-order valence-electron chi connectivity index (χ4n) is 2.94. The highest BCUT2D eigenvalue weighted by molar-refractivity contribution is 7.17. The van der Waals surface area contributed by atoms with Gasteiger partial charge in [0.25, 0.3) is 5.56 Å². The predicted octanol–water partition coefficient (Wildman–Crippen LogP) is 2.36. The Morgan fingerprint density at radius 2 is 2.17 bits per heavy atom. The molecule has 0 bridgehead atoms. The van der Waals surface area contributed by atoms with Gasteiger partial charge in [-0.3, -0.25) is 9.48 Å². The molecule has 4 rings (SSSR count). The Hall–Kier alpha value is -2.41. The van der Waals surface area contributed by atoms with Gasteiger partial charge in [0.05, 0.1) is 29.3 Å². The molecule has 0 radical (unpaired) electrons. The van der Waals surface area contributed by atoms with Gasteiger partial charge in [0.1, 0.15) is 4.83 Å². The summed E-state index contributed by atoms with van der Waals surface area (Å²) in [4.78, 5) is 15.3. The second kappa shape index (κ2) is 5.06. The summed E-state index contributed by atoms with van der Waals surface area (Å²) >= 11 is 1.74. The van der Waals surface area contributed by atoms with Crippen LogP contribution in [-0.2, 0) is 20.0 Å². The Labute approximate surface area is 136 Å². The molecule has 0 saturated carbocycles. The minimum Gasteiger partial charge on any atom is -0.305 e. The van der Waals surface area contributed by atoms with Gasteiger partial charge in [0.2, 0.25) is 0 Å². The van der Waals surface area contributed by atoms with Crippen molar-refractivity contribution in [2.45, 2.75) is 26.8 Å². The van der Waals surface area contributed by atoms with Crippen LogP contribution in [0.3, 0.4) is 0 Å². The average Bonchev–Trinajstić information content (AvgIpc) is 3.19. The van der Waals surface area contributed by atoms with E-state index in [2.05, 4.69) is 27.7 Å². The molecule has 6 nitrogen and oxygen atoms in total. The fourth-order valence-corrected chi connectivity index (χ4v) is 3.99. The smallest absolute Gasteiger partial charge is 0.276 e. The molecule has 7 heteroatoms. The molecule has 0 saturated heterocycles. The topological polar surface area (TPSA) is 57.1 Å². The van der Waals surface area contributed by atoms with Crippen LogP contribution in [0.2, 0.25) is 0 Å². The number of aryl methyl sites for hydroxylation is 3. The summed E-state index contributed by atoms with van der Waals surface area (Å²) in [6, 6.07) is 1.90. The van der Waals surface area contributed by atoms with E-state index in [9.17, 15) is 4.79 Å². The van der Waals surface area contributed by atoms with Gasteiger partial charge in [0, 0.05) is 24.3 Å². The standard InChI is InChI=1S/C16H17N5OS/c1-4-12-9-20-13-7-17-21(8-11-5-6-19(3)18-11)15(22)14(13)10(2)16(20)23-12/h5-7,9H,4,8H2,1-3H3. The minimum atomic E-state index is -0.0559. The van der Waals surface area contributed by atoms with Gasteiger partial charge < -0.3 is 4.40 Å². The van der Waals surface area contributed by atoms with Gasteiger partial charge in [-0.2, -0.15) is 10.2 Å². The molecule has 0 aliphatic carbocycles. The largest absolute Gasteiger partial charge is 0.305 e. The maximum atomic E-state index is 12.8. The molecule has 23 heavy (non-hydrogen) atoms. The molecule has 0 aromatic carbocycles. The van der Waals surface area contributed by atoms with Crippen LogP contribution in [-0.4, -0.2) is 24.0 Å². The Kier molecular flexibility index (Phi) is 3.12. The lowest BCUT2D eigenvalue weighted by Crippen LogP contribution is -2.23. The predicted molar refractivity (Wildman–Crippen MR) is 91.3 cm³/mol. The van der Waals surface area contributed by atoms with Crippen molar-refractivity contribution in [2.75, 3.05) is 0 Å². The second-order valence-corrected chi connectivity index (χ2v) is 6.81. The molecular formula is C16H17N5OS. The number of nitrogens with zero attached hydrogens (tertiary/aromatic N) is 5. The molecule has 0 fully saturated rings. The van der Waals surface area contributed by atoms with E-state index in [1.807, 2.05) is 26.2 Å². The zero-order valence-corrected chi connectivity index (χ0v) is 14.1. The Balaban J connectivity index is 1.91. The van der Waals surface area contributed by atoms with E-state index in [0.717, 1.165) is 33.4 Å². The number of hydrogen-bond donors (Lipinski definition) is 0. The van der Waals surface area contributed by atoms with Gasteiger partial charge in [-0.1, -0.05) is 6.92 Å². The van der Waals surface area contributed by atoms with Gasteiger partial charge in [-0.25, -0.2) is 4.68 Å². The monoisotopic (exact) mass is 327 g/mol. The van der Waals surface area contributed by atoms with E-state index in [1.54, 1.807) is 22.2 Å². The zero-order chi connectivity index (χ0) is 16.1. The van der Waals surface area contributed by atoms with E-state index in [1.165, 1.54) is 9.56 Å². The lowest BCUT2D eigenvalue weighted by atomic mass is 10.2. The molecule has 0 N–H and O–H groups in total. The van der Waals surface area contributed by atoms with Crippen LogP contribution in [0.25, 0.3) is 15.7 Å². The molecule has 0 unspecified atom stereocenters. The lowest BCUT2D eigenvalue weighted by molar-refractivity contribution is 0.620. The highest BCUT2D eigenvalue weighted by Crippen LogP contribution is 2.29. The van der Waals surface area contributed by atoms with Crippen LogP contribution in [0, 0.1) is 6.92 Å². The van der Waals surface area contributed by atoms with Crippen LogP contribution in [0.1, 0.15) is 23.1 Å². The summed E-state index contributed by atoms with van der Waals surface area (Å²) in [5.74, 6) is 0. The van der Waals surface area contributed by atoms with Crippen molar-refractivity contribution in [3.8, 4) is 0 Å². The molecule has 4 heterocycles. The van der Waals surface area contributed by atoms with Crippen molar-refractivity contribution < 1.29 is 0 Å². The van der Waals surface area contributed by atoms with Gasteiger partial charge in [-0.15, -0.1) is 11.3 Å². The van der Waals surface area contributed by atoms with Crippen molar-refractivity contribution >= 4 is 27.1 Å². The number of rotatable bonds is 3. The molecule has 4 aromatic heterocycles. The quantitative estimate of drug-likeness (QED) is 0.580. The maximum absolute atomic E-state index is 12.8. The SMILES string of the molecule is CCc1cn2c(s1)c(C)c1c(=O)n(Cc3ccn(C)n3)ncc12. The van der Waals surface area contributed by atoms with Crippen molar-refractivity contribution in [1.82, 2.24) is 24.0 Å². The van der Waals surface area contributed by atoms with Gasteiger partial charge in [0.15, 0.2) is 0 Å². The molecule has 0 amide bonds. The van der Waals surface area contributed by atoms with Crippen molar-refractivity contribution in [3.05, 3.63) is 51.1 Å². The summed E-state index contributed by atoms with van der Waals surface area (Å²) in [5.41, 5.74) is 2.69. The third-order valence-electron chi connectivity index (χ3n) is 4.13. The first kappa shape index (κ1) is 14.2. The minimum absolute atomic E-state index is 0.0559. The molecule has 0 atom stereocenters. The van der Waals surface area contributed by atoms with Crippen molar-refractivity contribution in [1.29, 1.82) is 0 Å². The number of hydrogen-bond acceptors (Lipinski definition) is 4. The summed E-state index contributed by atoms with van der Waals surface area (Å²) in [7, 11) is 1.86. The number of thiazole rings is 1. The second-order valence-electron chi connectivity index (χ2n) is 5.70. The van der Waals surface area contributed by atoms with Crippen molar-refractivity contribution in [2.24, 2.45) is 7.05 Å². The highest BCUT2D eigenvalue weighted by atomic mass is 32.1. The van der Waals surface area contributed by atoms with E-state index in [0.29, 0.717) is 6.54 Å². The Bertz CT molecular complexity index is 1080. The van der Waals surface area contributed by atoms with Crippen LogP contribution in [0.15, 0.2) is 29.5 Å². The molecule has 0 spiro atoms. The van der Waals surface area contributed by atoms with Gasteiger partial charge in [-0.05, 0) is 25.0 Å². The first-order valence-corrected chi connectivity index (χ1v) is 8.37. The van der Waals surface area contributed by atoms with E-state index in [-0.39, 0.29) is 5.56 Å². The summed E-state index contributed by atoms with van der Waals surface area (Å²) in [5, 5.41) is 9.42. The first-order valence-electron chi connectivity index (χ1n) is 7.56. The fraction of sp³-hybridized carbons (Fsp3) is 0.312. The molecule has 118 valence electrons. The lowest BCUT2D eigenvalue weighted by Gasteiger charge is -2.02. The van der Waals surface area contributed by atoms with Crippen LogP contribution < -0.4 is 5.56 Å². The van der Waals surface area contributed by atoms with Crippen molar-refractivity contribution in [3.63, 3.8) is 0 Å². The van der Waals surface area contributed by atoms with E-state index < -0.39 is 0 Å². The molecule has 0 aliphatic heterocycles. The first-order chi connectivity index (χ1) is 11.1. The van der Waals surface area contributed by atoms with Crippen LogP contribution >= 0.6 is 11.3 Å². The normalized spacial score (nSPS) is 11.8. The highest BCUT2D eigenvalue weighted by Gasteiger charge is 2.16.